The van der Waals surface area contributed by atoms with Crippen LogP contribution in [-0.4, -0.2) is 60.6 Å². The van der Waals surface area contributed by atoms with E-state index in [4.69, 9.17) is 5.26 Å². The van der Waals surface area contributed by atoms with Crippen LogP contribution < -0.4 is 15.5 Å². The standard InChI is InChI=1S/C28H34N6O2S/c1-3-34-26(19-22(20-30)27(35)32-16-14-29)37-25(28(34)36)12-15-31-23-9-7-8-21(18-23)13-17-33(2)24-10-5-4-6-11-24/h4-11,18,22,25-26,31H,3,12-13,15-17,19H2,1-2H3,(H,32,35). The van der Waals surface area contributed by atoms with Crippen molar-refractivity contribution in [3.05, 3.63) is 60.2 Å². The number of thioether (sulfide) groups is 1. The van der Waals surface area contributed by atoms with Gasteiger partial charge >= 0.3 is 0 Å². The van der Waals surface area contributed by atoms with Crippen molar-refractivity contribution in [2.45, 2.75) is 36.8 Å². The van der Waals surface area contributed by atoms with Gasteiger partial charge in [-0.05, 0) is 49.6 Å². The summed E-state index contributed by atoms with van der Waals surface area (Å²) < 4.78 is 0. The van der Waals surface area contributed by atoms with Crippen LogP contribution in [0.15, 0.2) is 54.6 Å². The first kappa shape index (κ1) is 27.9. The number of para-hydroxylation sites is 1. The van der Waals surface area contributed by atoms with Crippen molar-refractivity contribution < 1.29 is 9.59 Å². The zero-order valence-corrected chi connectivity index (χ0v) is 22.2. The zero-order valence-electron chi connectivity index (χ0n) is 21.4. The second-order valence-corrected chi connectivity index (χ2v) is 10.3. The van der Waals surface area contributed by atoms with E-state index in [1.54, 1.807) is 4.90 Å². The molecule has 3 atom stereocenters. The quantitative estimate of drug-likeness (QED) is 0.390. The van der Waals surface area contributed by atoms with Crippen LogP contribution in [0.4, 0.5) is 11.4 Å². The van der Waals surface area contributed by atoms with Gasteiger partial charge in [-0.3, -0.25) is 9.59 Å². The normalized spacial score (nSPS) is 17.5. The van der Waals surface area contributed by atoms with Crippen molar-refractivity contribution in [2.24, 2.45) is 5.92 Å². The molecule has 3 unspecified atom stereocenters. The lowest BCUT2D eigenvalue weighted by Crippen LogP contribution is -2.38. The number of nitrogens with zero attached hydrogens (tertiary/aromatic N) is 4. The lowest BCUT2D eigenvalue weighted by atomic mass is 10.1. The molecule has 1 saturated heterocycles. The maximum absolute atomic E-state index is 13.0. The zero-order chi connectivity index (χ0) is 26.6. The molecule has 1 aliphatic heterocycles. The number of carbonyl (C=O) groups excluding carboxylic acids is 2. The van der Waals surface area contributed by atoms with Crippen molar-refractivity contribution in [2.75, 3.05) is 43.4 Å². The molecule has 9 heteroatoms. The summed E-state index contributed by atoms with van der Waals surface area (Å²) in [6.07, 6.45) is 1.82. The fourth-order valence-corrected chi connectivity index (χ4v) is 5.93. The summed E-state index contributed by atoms with van der Waals surface area (Å²) in [5.74, 6) is -1.31. The molecule has 1 fully saturated rings. The average Bonchev–Trinajstić information content (AvgIpc) is 3.23. The summed E-state index contributed by atoms with van der Waals surface area (Å²) >= 11 is 1.52. The Morgan fingerprint density at radius 1 is 1.19 bits per heavy atom. The number of nitrogens with one attached hydrogen (secondary N) is 2. The molecular formula is C28H34N6O2S. The Labute approximate surface area is 223 Å². The maximum Gasteiger partial charge on any atom is 0.238 e. The van der Waals surface area contributed by atoms with E-state index in [0.29, 0.717) is 19.5 Å². The van der Waals surface area contributed by atoms with E-state index in [1.807, 2.05) is 49.4 Å². The number of amides is 2. The molecule has 2 N–H and O–H groups in total. The molecule has 0 saturated carbocycles. The highest BCUT2D eigenvalue weighted by molar-refractivity contribution is 8.01. The molecule has 1 heterocycles. The van der Waals surface area contributed by atoms with E-state index >= 15 is 0 Å². The Hall–Kier alpha value is -3.69. The summed E-state index contributed by atoms with van der Waals surface area (Å²) in [7, 11) is 2.10. The Morgan fingerprint density at radius 2 is 1.97 bits per heavy atom. The van der Waals surface area contributed by atoms with Crippen LogP contribution in [0.3, 0.4) is 0 Å². The van der Waals surface area contributed by atoms with Crippen LogP contribution in [0.1, 0.15) is 25.3 Å². The highest BCUT2D eigenvalue weighted by Crippen LogP contribution is 2.37. The number of hydrogen-bond acceptors (Lipinski definition) is 7. The van der Waals surface area contributed by atoms with Crippen molar-refractivity contribution in [1.29, 1.82) is 10.5 Å². The van der Waals surface area contributed by atoms with E-state index in [0.717, 1.165) is 18.7 Å². The third-order valence-electron chi connectivity index (χ3n) is 6.42. The summed E-state index contributed by atoms with van der Waals surface area (Å²) in [5.41, 5.74) is 3.46. The molecule has 1 aliphatic rings. The molecule has 2 amide bonds. The van der Waals surface area contributed by atoms with Gasteiger partial charge in [0, 0.05) is 44.5 Å². The third-order valence-corrected chi connectivity index (χ3v) is 7.94. The van der Waals surface area contributed by atoms with Crippen LogP contribution in [-0.2, 0) is 16.0 Å². The number of hydrogen-bond donors (Lipinski definition) is 2. The first-order valence-electron chi connectivity index (χ1n) is 12.6. The molecule has 3 rings (SSSR count). The lowest BCUT2D eigenvalue weighted by molar-refractivity contribution is -0.131. The number of benzene rings is 2. The number of likely N-dealkylation sites (N-methyl/N-ethyl adjacent to an activating group) is 1. The van der Waals surface area contributed by atoms with Crippen LogP contribution in [0.2, 0.25) is 0 Å². The summed E-state index contributed by atoms with van der Waals surface area (Å²) in [4.78, 5) is 29.1. The molecule has 8 nitrogen and oxygen atoms in total. The largest absolute Gasteiger partial charge is 0.385 e. The van der Waals surface area contributed by atoms with Gasteiger partial charge < -0.3 is 20.4 Å². The van der Waals surface area contributed by atoms with Gasteiger partial charge in [0.05, 0.1) is 22.8 Å². The van der Waals surface area contributed by atoms with E-state index < -0.39 is 11.8 Å². The second kappa shape index (κ2) is 14.2. The topological polar surface area (TPSA) is 112 Å². The van der Waals surface area contributed by atoms with Crippen LogP contribution in [0.25, 0.3) is 0 Å². The monoisotopic (exact) mass is 518 g/mol. The lowest BCUT2D eigenvalue weighted by Gasteiger charge is -2.23. The Balaban J connectivity index is 1.50. The Kier molecular flexibility index (Phi) is 10.7. The molecule has 0 bridgehead atoms. The Morgan fingerprint density at radius 3 is 2.68 bits per heavy atom. The number of rotatable bonds is 13. The SMILES string of the molecule is CCN1C(=O)C(CCNc2cccc(CCN(C)c3ccccc3)c2)SC1CC(C#N)C(=O)NCC#N. The molecule has 0 aliphatic carbocycles. The first-order valence-corrected chi connectivity index (χ1v) is 13.5. The highest BCUT2D eigenvalue weighted by Gasteiger charge is 2.40. The fourth-order valence-electron chi connectivity index (χ4n) is 4.34. The fraction of sp³-hybridized carbons (Fsp3) is 0.429. The average molecular weight is 519 g/mol. The van der Waals surface area contributed by atoms with Crippen LogP contribution >= 0.6 is 11.8 Å². The number of nitriles is 2. The number of anilines is 2. The first-order chi connectivity index (χ1) is 18.0. The minimum absolute atomic E-state index is 0.0473. The molecule has 37 heavy (non-hydrogen) atoms. The van der Waals surface area contributed by atoms with Crippen LogP contribution in [0, 0.1) is 28.6 Å². The predicted molar refractivity (Wildman–Crippen MR) is 148 cm³/mol. The van der Waals surface area contributed by atoms with E-state index in [1.165, 1.54) is 23.0 Å². The molecule has 0 spiro atoms. The smallest absolute Gasteiger partial charge is 0.238 e. The predicted octanol–water partition coefficient (Wildman–Crippen LogP) is 3.63. The number of carbonyl (C=O) groups is 2. The van der Waals surface area contributed by atoms with E-state index in [2.05, 4.69) is 46.8 Å². The van der Waals surface area contributed by atoms with Gasteiger partial charge in [-0.2, -0.15) is 10.5 Å². The van der Waals surface area contributed by atoms with Gasteiger partial charge in [-0.15, -0.1) is 11.8 Å². The van der Waals surface area contributed by atoms with Crippen LogP contribution in [0.5, 0.6) is 0 Å². The summed E-state index contributed by atoms with van der Waals surface area (Å²) in [5, 5.41) is 23.5. The van der Waals surface area contributed by atoms with Gasteiger partial charge in [0.25, 0.3) is 0 Å². The molecular weight excluding hydrogens is 484 g/mol. The highest BCUT2D eigenvalue weighted by atomic mass is 32.2. The summed E-state index contributed by atoms with van der Waals surface area (Å²) in [6.45, 7) is 3.85. The minimum Gasteiger partial charge on any atom is -0.385 e. The molecule has 0 radical (unpaired) electrons. The maximum atomic E-state index is 13.0. The van der Waals surface area contributed by atoms with Gasteiger partial charge in [-0.25, -0.2) is 0 Å². The van der Waals surface area contributed by atoms with Crippen molar-refractivity contribution >= 4 is 35.0 Å². The van der Waals surface area contributed by atoms with Gasteiger partial charge in [0.1, 0.15) is 12.5 Å². The molecule has 194 valence electrons. The van der Waals surface area contributed by atoms with Crippen molar-refractivity contribution in [3.8, 4) is 12.1 Å². The summed E-state index contributed by atoms with van der Waals surface area (Å²) in [6, 6.07) is 22.5. The minimum atomic E-state index is -0.895. The van der Waals surface area contributed by atoms with Crippen molar-refractivity contribution in [3.63, 3.8) is 0 Å². The van der Waals surface area contributed by atoms with Gasteiger partial charge in [0.15, 0.2) is 0 Å². The third kappa shape index (κ3) is 7.90. The van der Waals surface area contributed by atoms with Gasteiger partial charge in [-0.1, -0.05) is 30.3 Å². The Bertz CT molecular complexity index is 1130. The van der Waals surface area contributed by atoms with Gasteiger partial charge in [0.2, 0.25) is 11.8 Å². The molecule has 2 aromatic rings. The van der Waals surface area contributed by atoms with E-state index in [-0.39, 0.29) is 29.5 Å². The molecule has 0 aromatic heterocycles. The second-order valence-electron chi connectivity index (χ2n) is 8.92. The van der Waals surface area contributed by atoms with Crippen molar-refractivity contribution in [1.82, 2.24) is 10.2 Å². The molecule has 2 aromatic carbocycles. The van der Waals surface area contributed by atoms with E-state index in [9.17, 15) is 14.9 Å².